The number of carbonyl (C=O) groups is 1. The number of aromatic nitrogens is 1. The van der Waals surface area contributed by atoms with Gasteiger partial charge in [0.15, 0.2) is 0 Å². The maximum Gasteiger partial charge on any atom is 0.284 e. The summed E-state index contributed by atoms with van der Waals surface area (Å²) < 4.78 is 1.71. The summed E-state index contributed by atoms with van der Waals surface area (Å²) in [5.74, 6) is -0.365. The Morgan fingerprint density at radius 2 is 2.05 bits per heavy atom. The molecule has 0 aliphatic rings. The Hall–Kier alpha value is -2.28. The van der Waals surface area contributed by atoms with Crippen molar-refractivity contribution >= 4 is 27.5 Å². The predicted octanol–water partition coefficient (Wildman–Crippen LogP) is 3.16. The van der Waals surface area contributed by atoms with Crippen LogP contribution in [0, 0.1) is 10.1 Å². The van der Waals surface area contributed by atoms with Crippen LogP contribution in [0.4, 0.5) is 5.69 Å². The molecule has 0 aliphatic heterocycles. The topological polar surface area (TPSA) is 77.5 Å². The predicted molar refractivity (Wildman–Crippen MR) is 85.7 cm³/mol. The molecule has 1 aromatic heterocycles. The smallest absolute Gasteiger partial charge is 0.268 e. The molecule has 0 saturated carbocycles. The quantitative estimate of drug-likeness (QED) is 0.620. The van der Waals surface area contributed by atoms with Crippen LogP contribution in [0.3, 0.4) is 0 Å². The molecule has 0 bridgehead atoms. The van der Waals surface area contributed by atoms with E-state index in [4.69, 9.17) is 0 Å². The summed E-state index contributed by atoms with van der Waals surface area (Å²) in [4.78, 5) is 27.4. The molecule has 2 aromatic rings. The Balaban J connectivity index is 2.54. The fourth-order valence-electron chi connectivity index (χ4n) is 1.90. The van der Waals surface area contributed by atoms with Crippen LogP contribution in [-0.2, 0) is 0 Å². The molecule has 0 N–H and O–H groups in total. The molecule has 0 unspecified atom stereocenters. The van der Waals surface area contributed by atoms with Crippen molar-refractivity contribution in [1.29, 1.82) is 0 Å². The van der Waals surface area contributed by atoms with Gasteiger partial charge in [-0.05, 0) is 54.0 Å². The summed E-state index contributed by atoms with van der Waals surface area (Å²) in [6.45, 7) is 3.82. The van der Waals surface area contributed by atoms with Crippen LogP contribution in [0.15, 0.2) is 52.1 Å². The van der Waals surface area contributed by atoms with E-state index in [-0.39, 0.29) is 23.2 Å². The molecule has 114 valence electrons. The number of hydrogen-bond acceptors (Lipinski definition) is 4. The van der Waals surface area contributed by atoms with Gasteiger partial charge < -0.3 is 0 Å². The minimum Gasteiger partial charge on any atom is -0.268 e. The highest BCUT2D eigenvalue weighted by Crippen LogP contribution is 2.25. The number of carbonyl (C=O) groups excluding carboxylic acids is 1. The molecule has 0 aliphatic carbocycles. The summed E-state index contributed by atoms with van der Waals surface area (Å²) in [7, 11) is 0. The largest absolute Gasteiger partial charge is 0.284 e. The zero-order valence-electron chi connectivity index (χ0n) is 12.1. The maximum absolute atomic E-state index is 12.6. The van der Waals surface area contributed by atoms with Crippen molar-refractivity contribution in [2.75, 3.05) is 0 Å². The Labute approximate surface area is 135 Å². The van der Waals surface area contributed by atoms with Gasteiger partial charge >= 0.3 is 0 Å². The minimum absolute atomic E-state index is 0.0284. The summed E-state index contributed by atoms with van der Waals surface area (Å²) in [5.41, 5.74) is 0.587. The summed E-state index contributed by atoms with van der Waals surface area (Å²) in [6, 6.07) is 9.55. The molecule has 1 aromatic carbocycles. The maximum atomic E-state index is 12.6. The second-order valence-electron chi connectivity index (χ2n) is 4.88. The minimum atomic E-state index is -0.532. The van der Waals surface area contributed by atoms with E-state index < -0.39 is 4.92 Å². The zero-order valence-corrected chi connectivity index (χ0v) is 13.6. The Bertz CT molecular complexity index is 797. The van der Waals surface area contributed by atoms with Gasteiger partial charge in [0.2, 0.25) is 0 Å². The first-order valence-corrected chi connectivity index (χ1v) is 7.39. The van der Waals surface area contributed by atoms with Crippen LogP contribution in [0.5, 0.6) is 0 Å². The fourth-order valence-corrected chi connectivity index (χ4v) is 2.29. The molecular formula is C15H14BrN3O3. The second kappa shape index (κ2) is 6.65. The van der Waals surface area contributed by atoms with Gasteiger partial charge in [0.05, 0.1) is 9.40 Å². The first-order valence-electron chi connectivity index (χ1n) is 6.60. The molecule has 1 heterocycles. The second-order valence-corrected chi connectivity index (χ2v) is 5.73. The van der Waals surface area contributed by atoms with Crippen molar-refractivity contribution in [2.24, 2.45) is 4.99 Å². The van der Waals surface area contributed by atoms with Gasteiger partial charge in [-0.1, -0.05) is 6.07 Å². The molecule has 0 radical (unpaired) electrons. The van der Waals surface area contributed by atoms with E-state index in [0.29, 0.717) is 9.96 Å². The van der Waals surface area contributed by atoms with Crippen molar-refractivity contribution < 1.29 is 9.72 Å². The third kappa shape index (κ3) is 3.48. The molecule has 0 amide bonds. The van der Waals surface area contributed by atoms with Crippen molar-refractivity contribution in [3.8, 4) is 0 Å². The number of rotatable bonds is 3. The Kier molecular flexibility index (Phi) is 4.87. The van der Waals surface area contributed by atoms with Crippen LogP contribution in [0.1, 0.15) is 24.2 Å². The highest BCUT2D eigenvalue weighted by Gasteiger charge is 2.17. The van der Waals surface area contributed by atoms with Gasteiger partial charge in [0, 0.05) is 23.9 Å². The molecule has 6 nitrogen and oxygen atoms in total. The van der Waals surface area contributed by atoms with Crippen LogP contribution in [0.25, 0.3) is 0 Å². The third-order valence-electron chi connectivity index (χ3n) is 2.84. The lowest BCUT2D eigenvalue weighted by molar-refractivity contribution is -0.385. The van der Waals surface area contributed by atoms with Crippen molar-refractivity contribution in [3.63, 3.8) is 0 Å². The molecule has 0 saturated heterocycles. The van der Waals surface area contributed by atoms with Crippen molar-refractivity contribution in [3.05, 3.63) is 68.2 Å². The lowest BCUT2D eigenvalue weighted by Crippen LogP contribution is -2.28. The van der Waals surface area contributed by atoms with Crippen LogP contribution >= 0.6 is 15.9 Å². The van der Waals surface area contributed by atoms with E-state index >= 15 is 0 Å². The molecule has 7 heteroatoms. The number of nitro benzene ring substituents is 1. The number of nitrogens with zero attached hydrogens (tertiary/aromatic N) is 3. The average Bonchev–Trinajstić information content (AvgIpc) is 2.46. The first-order chi connectivity index (χ1) is 10.4. The van der Waals surface area contributed by atoms with E-state index in [1.54, 1.807) is 30.5 Å². The number of pyridine rings is 1. The number of halogens is 1. The fraction of sp³-hybridized carbons (Fsp3) is 0.200. The van der Waals surface area contributed by atoms with E-state index in [1.165, 1.54) is 16.7 Å². The standard InChI is InChI=1S/C15H14BrN3O3/c1-10(2)17-14-5-3-4-8-18(14)15(20)11-6-7-12(16)13(9-11)19(21)22/h3-10H,1-2H3. The summed E-state index contributed by atoms with van der Waals surface area (Å²) in [6.07, 6.45) is 1.59. The summed E-state index contributed by atoms with van der Waals surface area (Å²) >= 11 is 3.11. The molecule has 0 spiro atoms. The van der Waals surface area contributed by atoms with E-state index in [2.05, 4.69) is 20.9 Å². The zero-order chi connectivity index (χ0) is 16.3. The number of nitro groups is 1. The first kappa shape index (κ1) is 16.1. The SMILES string of the molecule is CC(C)N=c1ccccn1C(=O)c1ccc(Br)c([N+](=O)[O-])c1. The van der Waals surface area contributed by atoms with E-state index in [0.717, 1.165) is 0 Å². The molecule has 0 atom stereocenters. The number of benzene rings is 1. The highest BCUT2D eigenvalue weighted by atomic mass is 79.9. The Morgan fingerprint density at radius 1 is 1.32 bits per heavy atom. The molecule has 22 heavy (non-hydrogen) atoms. The van der Waals surface area contributed by atoms with E-state index in [9.17, 15) is 14.9 Å². The monoisotopic (exact) mass is 363 g/mol. The van der Waals surface area contributed by atoms with Crippen LogP contribution in [0.2, 0.25) is 0 Å². The number of hydrogen-bond donors (Lipinski definition) is 0. The lowest BCUT2D eigenvalue weighted by Gasteiger charge is -2.07. The summed E-state index contributed by atoms with van der Waals surface area (Å²) in [5, 5.41) is 11.0. The van der Waals surface area contributed by atoms with E-state index in [1.807, 2.05) is 13.8 Å². The van der Waals surface area contributed by atoms with Gasteiger partial charge in [-0.15, -0.1) is 0 Å². The Morgan fingerprint density at radius 3 is 2.68 bits per heavy atom. The van der Waals surface area contributed by atoms with Gasteiger partial charge in [-0.2, -0.15) is 0 Å². The molecular weight excluding hydrogens is 350 g/mol. The van der Waals surface area contributed by atoms with Crippen LogP contribution < -0.4 is 5.49 Å². The highest BCUT2D eigenvalue weighted by molar-refractivity contribution is 9.10. The lowest BCUT2D eigenvalue weighted by atomic mass is 10.2. The third-order valence-corrected chi connectivity index (χ3v) is 3.51. The van der Waals surface area contributed by atoms with Gasteiger partial charge in [0.25, 0.3) is 11.6 Å². The van der Waals surface area contributed by atoms with Gasteiger partial charge in [-0.25, -0.2) is 0 Å². The van der Waals surface area contributed by atoms with Crippen molar-refractivity contribution in [2.45, 2.75) is 19.9 Å². The van der Waals surface area contributed by atoms with Crippen molar-refractivity contribution in [1.82, 2.24) is 4.57 Å². The van der Waals surface area contributed by atoms with Gasteiger partial charge in [-0.3, -0.25) is 24.5 Å². The average molecular weight is 364 g/mol. The molecule has 2 rings (SSSR count). The normalized spacial score (nSPS) is 11.7. The van der Waals surface area contributed by atoms with Crippen LogP contribution in [-0.4, -0.2) is 21.4 Å². The molecule has 0 fully saturated rings. The van der Waals surface area contributed by atoms with Gasteiger partial charge in [0.1, 0.15) is 5.49 Å².